The molecule has 1 radical (unpaired) electrons. The van der Waals surface area contributed by atoms with Crippen molar-refractivity contribution in [3.63, 3.8) is 0 Å². The van der Waals surface area contributed by atoms with E-state index < -0.39 is 0 Å². The molecule has 8 rings (SSSR count). The molecule has 4 heteroatoms. The van der Waals surface area contributed by atoms with Gasteiger partial charge in [-0.1, -0.05) is 111 Å². The largest absolute Gasteiger partial charge is 0.500 e. The molecule has 0 saturated heterocycles. The SMILES string of the molecule is Cc1c[c-]c(-c2ccc(CC(C)(C)C)cn2)cc1.[Ir].[c-]1ccc2c(oc3c2ccc2ccc4ccccc4c23)c1-c1ccccn1. The molecule has 0 aliphatic carbocycles. The molecule has 3 heterocycles. The average Bonchev–Trinajstić information content (AvgIpc) is 3.44. The van der Waals surface area contributed by atoms with Gasteiger partial charge in [0.1, 0.15) is 5.58 Å². The maximum Gasteiger partial charge on any atom is 0.129 e. The number of nitrogens with zero attached hydrogens (tertiary/aromatic N) is 2. The van der Waals surface area contributed by atoms with E-state index >= 15 is 0 Å². The van der Waals surface area contributed by atoms with Crippen LogP contribution in [0, 0.1) is 24.5 Å². The molecule has 0 aliphatic heterocycles. The van der Waals surface area contributed by atoms with Gasteiger partial charge in [0.15, 0.2) is 0 Å². The Morgan fingerprint density at radius 2 is 1.46 bits per heavy atom. The zero-order chi connectivity index (χ0) is 31.0. The molecule has 0 atom stereocenters. The number of pyridine rings is 2. The molecule has 0 unspecified atom stereocenters. The molecular formula is C42H34IrN2O-2. The summed E-state index contributed by atoms with van der Waals surface area (Å²) >= 11 is 0. The second-order valence-electron chi connectivity index (χ2n) is 12.8. The summed E-state index contributed by atoms with van der Waals surface area (Å²) in [5.41, 5.74) is 8.41. The number of hydrogen-bond donors (Lipinski definition) is 0. The van der Waals surface area contributed by atoms with E-state index in [1.54, 1.807) is 6.20 Å². The first-order chi connectivity index (χ1) is 21.8. The summed E-state index contributed by atoms with van der Waals surface area (Å²) in [5.74, 6) is 0. The fraction of sp³-hybridized carbons (Fsp3) is 0.143. The van der Waals surface area contributed by atoms with Gasteiger partial charge in [-0.05, 0) is 51.0 Å². The summed E-state index contributed by atoms with van der Waals surface area (Å²) in [4.78, 5) is 9.02. The Bertz CT molecular complexity index is 2260. The van der Waals surface area contributed by atoms with Crippen LogP contribution in [0.4, 0.5) is 0 Å². The van der Waals surface area contributed by atoms with Crippen molar-refractivity contribution in [2.45, 2.75) is 34.1 Å². The van der Waals surface area contributed by atoms with Crippen LogP contribution in [0.2, 0.25) is 0 Å². The molecule has 0 amide bonds. The van der Waals surface area contributed by atoms with Crippen molar-refractivity contribution in [2.75, 3.05) is 0 Å². The Hall–Kier alpha value is -4.63. The molecule has 0 bridgehead atoms. The quantitative estimate of drug-likeness (QED) is 0.133. The predicted octanol–water partition coefficient (Wildman–Crippen LogP) is 11.2. The molecule has 5 aromatic carbocycles. The van der Waals surface area contributed by atoms with E-state index in [2.05, 4.69) is 129 Å². The number of aryl methyl sites for hydroxylation is 1. The Balaban J connectivity index is 0.000000172. The number of benzene rings is 5. The molecule has 0 saturated carbocycles. The number of furan rings is 1. The summed E-state index contributed by atoms with van der Waals surface area (Å²) in [7, 11) is 0. The van der Waals surface area contributed by atoms with Gasteiger partial charge in [-0.2, -0.15) is 0 Å². The van der Waals surface area contributed by atoms with E-state index in [0.717, 1.165) is 56.3 Å². The van der Waals surface area contributed by atoms with Crippen molar-refractivity contribution >= 4 is 43.5 Å². The van der Waals surface area contributed by atoms with Crippen molar-refractivity contribution < 1.29 is 24.5 Å². The third-order valence-electron chi connectivity index (χ3n) is 8.03. The van der Waals surface area contributed by atoms with Gasteiger partial charge in [0.25, 0.3) is 0 Å². The maximum atomic E-state index is 6.49. The average molecular weight is 775 g/mol. The van der Waals surface area contributed by atoms with Crippen molar-refractivity contribution in [1.29, 1.82) is 0 Å². The molecule has 3 nitrogen and oxygen atoms in total. The maximum absolute atomic E-state index is 6.49. The number of fused-ring (bicyclic) bond motifs is 7. The van der Waals surface area contributed by atoms with Crippen LogP contribution in [0.1, 0.15) is 31.9 Å². The minimum absolute atomic E-state index is 0. The van der Waals surface area contributed by atoms with Gasteiger partial charge < -0.3 is 14.4 Å². The van der Waals surface area contributed by atoms with Crippen LogP contribution >= 0.6 is 0 Å². The van der Waals surface area contributed by atoms with Gasteiger partial charge in [-0.15, -0.1) is 53.6 Å². The van der Waals surface area contributed by atoms with E-state index in [1.165, 1.54) is 27.3 Å². The number of hydrogen-bond acceptors (Lipinski definition) is 3. The van der Waals surface area contributed by atoms with Crippen LogP contribution in [-0.2, 0) is 26.5 Å². The second-order valence-corrected chi connectivity index (χ2v) is 12.8. The van der Waals surface area contributed by atoms with Crippen LogP contribution < -0.4 is 0 Å². The minimum atomic E-state index is 0. The molecule has 3 aromatic heterocycles. The standard InChI is InChI=1S/C25H14NO.C17H20N.Ir/c1-2-7-18-16(6-1)11-12-17-13-14-20-19-8-5-9-21(22-10-3-4-15-26-22)24(19)27-25(20)23(17)18;1-13-5-8-15(9-6-13)16-10-7-14(12-18-16)11-17(2,3)4;/h1-8,10-15H;5-8,10,12H,11H2,1-4H3;/q2*-1;. The molecule has 46 heavy (non-hydrogen) atoms. The smallest absolute Gasteiger partial charge is 0.129 e. The summed E-state index contributed by atoms with van der Waals surface area (Å²) in [6.45, 7) is 8.80. The first-order valence-corrected chi connectivity index (χ1v) is 15.4. The molecule has 229 valence electrons. The topological polar surface area (TPSA) is 38.9 Å². The molecule has 8 aromatic rings. The van der Waals surface area contributed by atoms with E-state index in [0.29, 0.717) is 5.41 Å². The van der Waals surface area contributed by atoms with E-state index in [1.807, 2.05) is 36.5 Å². The van der Waals surface area contributed by atoms with Crippen LogP contribution in [0.5, 0.6) is 0 Å². The zero-order valence-electron chi connectivity index (χ0n) is 26.4. The first kappa shape index (κ1) is 31.4. The summed E-state index contributed by atoms with van der Waals surface area (Å²) in [6, 6.07) is 44.0. The van der Waals surface area contributed by atoms with E-state index in [-0.39, 0.29) is 20.1 Å². The van der Waals surface area contributed by atoms with E-state index in [4.69, 9.17) is 4.42 Å². The normalized spacial score (nSPS) is 11.4. The fourth-order valence-corrected chi connectivity index (χ4v) is 5.95. The van der Waals surface area contributed by atoms with Gasteiger partial charge >= 0.3 is 0 Å². The molecular weight excluding hydrogens is 741 g/mol. The second kappa shape index (κ2) is 13.0. The Morgan fingerprint density at radius 3 is 2.20 bits per heavy atom. The third kappa shape index (κ3) is 6.37. The molecule has 0 aliphatic rings. The summed E-state index contributed by atoms with van der Waals surface area (Å²) in [6.07, 6.45) is 4.83. The van der Waals surface area contributed by atoms with Crippen molar-refractivity contribution in [3.8, 4) is 22.5 Å². The minimum Gasteiger partial charge on any atom is -0.500 e. The third-order valence-corrected chi connectivity index (χ3v) is 8.03. The monoisotopic (exact) mass is 775 g/mol. The molecule has 0 spiro atoms. The Kier molecular flexibility index (Phi) is 8.86. The van der Waals surface area contributed by atoms with Crippen molar-refractivity contribution in [3.05, 3.63) is 145 Å². The van der Waals surface area contributed by atoms with Crippen molar-refractivity contribution in [1.82, 2.24) is 9.97 Å². The van der Waals surface area contributed by atoms with Crippen molar-refractivity contribution in [2.24, 2.45) is 5.41 Å². The zero-order valence-corrected chi connectivity index (χ0v) is 28.8. The van der Waals surface area contributed by atoms with Crippen LogP contribution in [-0.4, -0.2) is 9.97 Å². The summed E-state index contributed by atoms with van der Waals surface area (Å²) < 4.78 is 6.49. The fourth-order valence-electron chi connectivity index (χ4n) is 5.95. The summed E-state index contributed by atoms with van der Waals surface area (Å²) in [5, 5.41) is 6.99. The van der Waals surface area contributed by atoms with Crippen LogP contribution in [0.25, 0.3) is 66.0 Å². The van der Waals surface area contributed by atoms with Gasteiger partial charge in [-0.3, -0.25) is 0 Å². The number of aromatic nitrogens is 2. The van der Waals surface area contributed by atoms with Gasteiger partial charge in [0.2, 0.25) is 0 Å². The first-order valence-electron chi connectivity index (χ1n) is 15.4. The number of rotatable bonds is 3. The van der Waals surface area contributed by atoms with Gasteiger partial charge in [0, 0.05) is 43.3 Å². The van der Waals surface area contributed by atoms with Crippen LogP contribution in [0.3, 0.4) is 0 Å². The molecule has 0 fully saturated rings. The molecule has 0 N–H and O–H groups in total. The van der Waals surface area contributed by atoms with Gasteiger partial charge in [-0.25, -0.2) is 0 Å². The predicted molar refractivity (Wildman–Crippen MR) is 187 cm³/mol. The Morgan fingerprint density at radius 1 is 0.674 bits per heavy atom. The van der Waals surface area contributed by atoms with E-state index in [9.17, 15) is 0 Å². The Labute approximate surface area is 283 Å². The van der Waals surface area contributed by atoms with Crippen LogP contribution in [0.15, 0.2) is 126 Å². The van der Waals surface area contributed by atoms with Gasteiger partial charge in [0.05, 0.1) is 5.58 Å².